The third-order valence-corrected chi connectivity index (χ3v) is 6.00. The number of likely N-dealkylation sites (N-methyl/N-ethyl adjacent to an activating group) is 1. The van der Waals surface area contributed by atoms with Gasteiger partial charge in [0.25, 0.3) is 5.91 Å². The van der Waals surface area contributed by atoms with Crippen molar-refractivity contribution in [1.29, 1.82) is 0 Å². The van der Waals surface area contributed by atoms with E-state index < -0.39 is 0 Å². The normalized spacial score (nSPS) is 30.9. The number of carbonyl (C=O) groups is 2. The highest BCUT2D eigenvalue weighted by atomic mass is 16.2. The Morgan fingerprint density at radius 1 is 1.14 bits per heavy atom. The second-order valence-electron chi connectivity index (χ2n) is 8.96. The Balaban J connectivity index is 1.67. The van der Waals surface area contributed by atoms with Crippen LogP contribution >= 0.6 is 0 Å². The second-order valence-corrected chi connectivity index (χ2v) is 8.96. The summed E-state index contributed by atoms with van der Waals surface area (Å²) in [5.74, 6) is 0.592. The fourth-order valence-corrected chi connectivity index (χ4v) is 4.69. The molecule has 0 radical (unpaired) electrons. The molecule has 4 unspecified atom stereocenters. The summed E-state index contributed by atoms with van der Waals surface area (Å²) in [5.41, 5.74) is 2.36. The van der Waals surface area contributed by atoms with Crippen LogP contribution in [-0.2, 0) is 4.79 Å². The molecule has 4 rings (SSSR count). The van der Waals surface area contributed by atoms with Gasteiger partial charge < -0.3 is 9.80 Å². The molecule has 7 nitrogen and oxygen atoms in total. The van der Waals surface area contributed by atoms with Crippen molar-refractivity contribution in [1.82, 2.24) is 20.0 Å². The summed E-state index contributed by atoms with van der Waals surface area (Å²) in [4.78, 5) is 33.9. The fraction of sp³-hybridized carbons (Fsp3) is 0.619. The number of aryl methyl sites for hydroxylation is 1. The maximum atomic E-state index is 13.3. The molecule has 152 valence electrons. The van der Waals surface area contributed by atoms with Crippen LogP contribution in [0, 0.1) is 18.8 Å². The lowest BCUT2D eigenvalue weighted by Crippen LogP contribution is -2.67. The molecule has 3 amide bonds. The molecule has 7 heteroatoms. The number of rotatable bonds is 3. The van der Waals surface area contributed by atoms with Crippen LogP contribution in [0.2, 0.25) is 0 Å². The first-order chi connectivity index (χ1) is 13.3. The minimum Gasteiger partial charge on any atom is -0.343 e. The highest BCUT2D eigenvalue weighted by Gasteiger charge is 2.56. The molecule has 0 bridgehead atoms. The van der Waals surface area contributed by atoms with Crippen molar-refractivity contribution in [3.63, 3.8) is 0 Å². The molecule has 0 aromatic heterocycles. The van der Waals surface area contributed by atoms with Gasteiger partial charge in [0.2, 0.25) is 0 Å². The van der Waals surface area contributed by atoms with Crippen LogP contribution in [0.4, 0.5) is 10.5 Å². The van der Waals surface area contributed by atoms with Crippen LogP contribution in [0.3, 0.4) is 0 Å². The summed E-state index contributed by atoms with van der Waals surface area (Å²) in [6.07, 6.45) is -0.390. The molecular formula is C21H31N5O2. The lowest BCUT2D eigenvalue weighted by Gasteiger charge is -2.46. The van der Waals surface area contributed by atoms with E-state index in [1.54, 1.807) is 11.9 Å². The topological polar surface area (TPSA) is 59.1 Å². The first-order valence-corrected chi connectivity index (χ1v) is 10.2. The molecule has 3 aliphatic heterocycles. The molecule has 3 fully saturated rings. The minimum absolute atomic E-state index is 0.0743. The van der Waals surface area contributed by atoms with Crippen LogP contribution in [0.15, 0.2) is 24.3 Å². The first-order valence-electron chi connectivity index (χ1n) is 10.2. The van der Waals surface area contributed by atoms with Crippen molar-refractivity contribution in [3.8, 4) is 0 Å². The zero-order chi connectivity index (χ0) is 20.2. The smallest absolute Gasteiger partial charge is 0.327 e. The third-order valence-electron chi connectivity index (χ3n) is 6.00. The summed E-state index contributed by atoms with van der Waals surface area (Å²) in [6.45, 7) is 10.6. The largest absolute Gasteiger partial charge is 0.343 e. The predicted octanol–water partition coefficient (Wildman–Crippen LogP) is 1.88. The van der Waals surface area contributed by atoms with Crippen molar-refractivity contribution in [2.24, 2.45) is 11.8 Å². The first kappa shape index (κ1) is 19.2. The number of amides is 3. The molecule has 0 saturated carbocycles. The number of nitrogens with one attached hydrogen (secondary N) is 1. The molecular weight excluding hydrogens is 354 g/mol. The van der Waals surface area contributed by atoms with E-state index in [0.717, 1.165) is 18.8 Å². The SMILES string of the molecule is Cc1ccc(N2CC(C)CN3C4C(=O)N(CC(C)C)C(=O)N(C)C4NC23)cc1. The molecule has 1 N–H and O–H groups in total. The van der Waals surface area contributed by atoms with E-state index in [4.69, 9.17) is 0 Å². The summed E-state index contributed by atoms with van der Waals surface area (Å²) in [7, 11) is 1.80. The van der Waals surface area contributed by atoms with E-state index in [9.17, 15) is 9.59 Å². The summed E-state index contributed by atoms with van der Waals surface area (Å²) >= 11 is 0. The molecule has 0 aliphatic carbocycles. The molecule has 4 atom stereocenters. The monoisotopic (exact) mass is 385 g/mol. The summed E-state index contributed by atoms with van der Waals surface area (Å²) < 4.78 is 0. The van der Waals surface area contributed by atoms with Gasteiger partial charge in [-0.1, -0.05) is 38.5 Å². The third kappa shape index (κ3) is 3.06. The average molecular weight is 386 g/mol. The van der Waals surface area contributed by atoms with E-state index in [1.807, 2.05) is 13.8 Å². The van der Waals surface area contributed by atoms with E-state index in [2.05, 4.69) is 53.2 Å². The standard InChI is InChI=1S/C21H31N5O2/c1-13(2)10-26-19(27)17-18(23(5)21(26)28)22-20-24(11-15(4)12-25(17)20)16-8-6-14(3)7-9-16/h6-9,13,15,17-18,20,22H,10-12H2,1-5H3. The number of anilines is 1. The molecule has 3 aliphatic rings. The zero-order valence-electron chi connectivity index (χ0n) is 17.4. The van der Waals surface area contributed by atoms with Gasteiger partial charge in [-0.3, -0.25) is 19.9 Å². The lowest BCUT2D eigenvalue weighted by molar-refractivity contribution is -0.139. The molecule has 1 aromatic carbocycles. The number of nitrogens with zero attached hydrogens (tertiary/aromatic N) is 4. The Bertz CT molecular complexity index is 765. The fourth-order valence-electron chi connectivity index (χ4n) is 4.69. The Labute approximate surface area is 167 Å². The van der Waals surface area contributed by atoms with Crippen LogP contribution in [0.25, 0.3) is 0 Å². The van der Waals surface area contributed by atoms with Crippen molar-refractivity contribution in [2.75, 3.05) is 31.6 Å². The van der Waals surface area contributed by atoms with E-state index in [-0.39, 0.29) is 36.4 Å². The van der Waals surface area contributed by atoms with Gasteiger partial charge in [-0.25, -0.2) is 4.79 Å². The van der Waals surface area contributed by atoms with E-state index in [0.29, 0.717) is 12.5 Å². The van der Waals surface area contributed by atoms with Gasteiger partial charge in [-0.05, 0) is 30.9 Å². The van der Waals surface area contributed by atoms with Gasteiger partial charge in [-0.15, -0.1) is 0 Å². The quantitative estimate of drug-likeness (QED) is 0.861. The van der Waals surface area contributed by atoms with Gasteiger partial charge in [0.15, 0.2) is 0 Å². The number of imide groups is 1. The minimum atomic E-state index is -0.345. The summed E-state index contributed by atoms with van der Waals surface area (Å²) in [5, 5.41) is 3.57. The Hall–Kier alpha value is -2.12. The number of hydrogen-bond acceptors (Lipinski definition) is 5. The highest BCUT2D eigenvalue weighted by molar-refractivity contribution is 6.00. The van der Waals surface area contributed by atoms with Crippen LogP contribution < -0.4 is 10.2 Å². The van der Waals surface area contributed by atoms with E-state index in [1.165, 1.54) is 10.5 Å². The van der Waals surface area contributed by atoms with Gasteiger partial charge in [0, 0.05) is 32.4 Å². The lowest BCUT2D eigenvalue weighted by atomic mass is 10.0. The summed E-state index contributed by atoms with van der Waals surface area (Å²) in [6, 6.07) is 7.95. The van der Waals surface area contributed by atoms with Crippen molar-refractivity contribution in [3.05, 3.63) is 29.8 Å². The maximum Gasteiger partial charge on any atom is 0.327 e. The van der Waals surface area contributed by atoms with Crippen molar-refractivity contribution >= 4 is 17.6 Å². The van der Waals surface area contributed by atoms with Gasteiger partial charge >= 0.3 is 6.03 Å². The van der Waals surface area contributed by atoms with Crippen LogP contribution in [-0.4, -0.2) is 71.8 Å². The maximum absolute atomic E-state index is 13.3. The number of benzene rings is 1. The predicted molar refractivity (Wildman–Crippen MR) is 109 cm³/mol. The van der Waals surface area contributed by atoms with Crippen LogP contribution in [0.5, 0.6) is 0 Å². The van der Waals surface area contributed by atoms with Gasteiger partial charge in [-0.2, -0.15) is 0 Å². The molecule has 3 saturated heterocycles. The molecule has 3 heterocycles. The zero-order valence-corrected chi connectivity index (χ0v) is 17.4. The van der Waals surface area contributed by atoms with Gasteiger partial charge in [0.1, 0.15) is 18.5 Å². The van der Waals surface area contributed by atoms with Crippen molar-refractivity contribution < 1.29 is 9.59 Å². The Kier molecular flexibility index (Phi) is 4.83. The van der Waals surface area contributed by atoms with Crippen LogP contribution in [0.1, 0.15) is 26.3 Å². The second kappa shape index (κ2) is 7.04. The Morgan fingerprint density at radius 2 is 1.82 bits per heavy atom. The number of fused-ring (bicyclic) bond motifs is 3. The van der Waals surface area contributed by atoms with Crippen molar-refractivity contribution in [2.45, 2.75) is 46.2 Å². The highest BCUT2D eigenvalue weighted by Crippen LogP contribution is 2.34. The number of carbonyl (C=O) groups excluding carboxylic acids is 2. The van der Waals surface area contributed by atoms with Gasteiger partial charge in [0.05, 0.1) is 0 Å². The molecule has 1 aromatic rings. The molecule has 28 heavy (non-hydrogen) atoms. The number of hydrogen-bond donors (Lipinski definition) is 1. The van der Waals surface area contributed by atoms with E-state index >= 15 is 0 Å². The average Bonchev–Trinajstić information content (AvgIpc) is 3.03. The Morgan fingerprint density at radius 3 is 2.46 bits per heavy atom. The molecule has 0 spiro atoms. The number of urea groups is 1.